The van der Waals surface area contributed by atoms with Crippen LogP contribution in [0.5, 0.6) is 5.75 Å². The number of ketones is 1. The van der Waals surface area contributed by atoms with Crippen LogP contribution in [0.3, 0.4) is 0 Å². The first-order chi connectivity index (χ1) is 14.3. The maximum absolute atomic E-state index is 14.1. The number of carbonyl (C=O) groups is 2. The number of halogens is 2. The lowest BCUT2D eigenvalue weighted by atomic mass is 9.84. The number of amides is 2. The summed E-state index contributed by atoms with van der Waals surface area (Å²) in [4.78, 5) is 30.7. The van der Waals surface area contributed by atoms with E-state index in [0.717, 1.165) is 22.7 Å². The first-order valence-corrected chi connectivity index (χ1v) is 9.48. The summed E-state index contributed by atoms with van der Waals surface area (Å²) in [5, 5.41) is 3.80. The summed E-state index contributed by atoms with van der Waals surface area (Å²) in [5.41, 5.74) is 0.662. The van der Waals surface area contributed by atoms with Crippen LogP contribution in [0.4, 0.5) is 13.6 Å². The molecule has 0 bridgehead atoms. The molecule has 0 unspecified atom stereocenters. The molecule has 30 heavy (non-hydrogen) atoms. The third-order valence-electron chi connectivity index (χ3n) is 5.56. The highest BCUT2D eigenvalue weighted by Gasteiger charge is 2.52. The van der Waals surface area contributed by atoms with Gasteiger partial charge in [-0.3, -0.25) is 4.79 Å². The Balaban J connectivity index is 1.23. The molecule has 5 rings (SSSR count). The van der Waals surface area contributed by atoms with Crippen molar-refractivity contribution in [2.45, 2.75) is 18.6 Å². The predicted molar refractivity (Wildman–Crippen MR) is 103 cm³/mol. The molecule has 1 saturated heterocycles. The van der Waals surface area contributed by atoms with E-state index >= 15 is 0 Å². The van der Waals surface area contributed by atoms with Crippen LogP contribution in [0.15, 0.2) is 36.7 Å². The Hall–Kier alpha value is -3.49. The molecule has 154 valence electrons. The lowest BCUT2D eigenvalue weighted by Gasteiger charge is -2.50. The van der Waals surface area contributed by atoms with Gasteiger partial charge in [0.05, 0.1) is 25.1 Å². The zero-order valence-corrected chi connectivity index (χ0v) is 16.1. The molecule has 0 atom stereocenters. The van der Waals surface area contributed by atoms with Gasteiger partial charge in [-0.1, -0.05) is 0 Å². The lowest BCUT2D eigenvalue weighted by molar-refractivity contribution is -0.0618. The Morgan fingerprint density at radius 3 is 2.90 bits per heavy atom. The van der Waals surface area contributed by atoms with Crippen molar-refractivity contribution in [1.82, 2.24) is 19.8 Å². The minimum Gasteiger partial charge on any atom is -0.479 e. The van der Waals surface area contributed by atoms with Crippen molar-refractivity contribution in [1.29, 1.82) is 0 Å². The largest absolute Gasteiger partial charge is 0.479 e. The predicted octanol–water partition coefficient (Wildman–Crippen LogP) is 2.78. The molecule has 1 N–H and O–H groups in total. The maximum atomic E-state index is 14.1. The molecular formula is C21H18F2N4O3. The van der Waals surface area contributed by atoms with Gasteiger partial charge in [-0.05, 0) is 23.8 Å². The molecule has 2 amide bonds. The van der Waals surface area contributed by atoms with Gasteiger partial charge in [0.25, 0.3) is 0 Å². The summed E-state index contributed by atoms with van der Waals surface area (Å²) in [5.74, 6) is -2.37. The number of urea groups is 1. The summed E-state index contributed by atoms with van der Waals surface area (Å²) in [7, 11) is 1.91. The molecule has 0 saturated carbocycles. The van der Waals surface area contributed by atoms with Crippen molar-refractivity contribution in [2.24, 2.45) is 7.05 Å². The number of rotatable bonds is 2. The van der Waals surface area contributed by atoms with Crippen molar-refractivity contribution in [3.8, 4) is 5.75 Å². The van der Waals surface area contributed by atoms with E-state index in [0.29, 0.717) is 12.6 Å². The number of aryl methyl sites for hydroxylation is 1. The van der Waals surface area contributed by atoms with Crippen LogP contribution >= 0.6 is 0 Å². The van der Waals surface area contributed by atoms with Crippen LogP contribution in [0, 0.1) is 11.6 Å². The van der Waals surface area contributed by atoms with E-state index in [1.807, 2.05) is 29.9 Å². The summed E-state index contributed by atoms with van der Waals surface area (Å²) < 4.78 is 35.1. The van der Waals surface area contributed by atoms with Gasteiger partial charge in [0.2, 0.25) is 0 Å². The van der Waals surface area contributed by atoms with Crippen LogP contribution in [-0.4, -0.2) is 45.0 Å². The van der Waals surface area contributed by atoms with Crippen molar-refractivity contribution < 1.29 is 23.1 Å². The SMILES string of the molecule is Cn1ccc2cc(CNC(=O)N3CC4(CC(=O)c5cc(F)cc(F)c5O4)C3)cnc21. The summed E-state index contributed by atoms with van der Waals surface area (Å²) in [6.07, 6.45) is 3.60. The second-order valence-corrected chi connectivity index (χ2v) is 7.85. The molecule has 9 heteroatoms. The Bertz CT molecular complexity index is 1200. The summed E-state index contributed by atoms with van der Waals surface area (Å²) in [6, 6.07) is 5.27. The Labute approximate surface area is 170 Å². The smallest absolute Gasteiger partial charge is 0.317 e. The van der Waals surface area contributed by atoms with Gasteiger partial charge in [-0.25, -0.2) is 18.6 Å². The zero-order valence-electron chi connectivity index (χ0n) is 16.1. The van der Waals surface area contributed by atoms with Crippen LogP contribution in [0.25, 0.3) is 11.0 Å². The number of nitrogens with one attached hydrogen (secondary N) is 1. The van der Waals surface area contributed by atoms with Gasteiger partial charge in [-0.2, -0.15) is 0 Å². The molecule has 2 aliphatic heterocycles. The number of hydrogen-bond acceptors (Lipinski definition) is 4. The van der Waals surface area contributed by atoms with Crippen LogP contribution in [0.2, 0.25) is 0 Å². The van der Waals surface area contributed by atoms with Crippen molar-refractivity contribution in [3.05, 3.63) is 59.4 Å². The average Bonchev–Trinajstić information content (AvgIpc) is 3.05. The lowest BCUT2D eigenvalue weighted by Crippen LogP contribution is -2.69. The van der Waals surface area contributed by atoms with E-state index in [9.17, 15) is 18.4 Å². The molecule has 2 aliphatic rings. The number of benzene rings is 1. The molecule has 4 heterocycles. The quantitative estimate of drug-likeness (QED) is 0.702. The standard InChI is InChI=1S/C21H18F2N4O3/c1-26-3-2-13-4-12(8-24-19(13)26)9-25-20(29)27-10-21(11-27)7-17(28)15-5-14(22)6-16(23)18(15)30-21/h2-6,8H,7,9-11H2,1H3,(H,25,29). The van der Waals surface area contributed by atoms with E-state index in [2.05, 4.69) is 10.3 Å². The van der Waals surface area contributed by atoms with Crippen LogP contribution in [-0.2, 0) is 13.6 Å². The van der Waals surface area contributed by atoms with Crippen molar-refractivity contribution in [2.75, 3.05) is 13.1 Å². The average molecular weight is 412 g/mol. The fraction of sp³-hybridized carbons (Fsp3) is 0.286. The van der Waals surface area contributed by atoms with E-state index in [1.165, 1.54) is 4.90 Å². The second-order valence-electron chi connectivity index (χ2n) is 7.85. The number of pyridine rings is 1. The van der Waals surface area contributed by atoms with Crippen molar-refractivity contribution >= 4 is 22.8 Å². The molecule has 2 aromatic heterocycles. The minimum atomic E-state index is -0.968. The van der Waals surface area contributed by atoms with E-state index in [4.69, 9.17) is 4.74 Å². The number of likely N-dealkylation sites (tertiary alicyclic amines) is 1. The third-order valence-corrected chi connectivity index (χ3v) is 5.56. The van der Waals surface area contributed by atoms with Gasteiger partial charge in [0.15, 0.2) is 23.0 Å². The highest BCUT2D eigenvalue weighted by Crippen LogP contribution is 2.40. The third kappa shape index (κ3) is 2.97. The summed E-state index contributed by atoms with van der Waals surface area (Å²) in [6.45, 7) is 0.601. The van der Waals surface area contributed by atoms with Gasteiger partial charge in [0, 0.05) is 37.4 Å². The van der Waals surface area contributed by atoms with Crippen LogP contribution in [0.1, 0.15) is 22.3 Å². The Morgan fingerprint density at radius 2 is 2.10 bits per heavy atom. The van der Waals surface area contributed by atoms with Crippen LogP contribution < -0.4 is 10.1 Å². The second kappa shape index (κ2) is 6.51. The molecule has 0 radical (unpaired) electrons. The number of nitrogens with zero attached hydrogens (tertiary/aromatic N) is 3. The number of hydrogen-bond donors (Lipinski definition) is 1. The number of carbonyl (C=O) groups excluding carboxylic acids is 2. The first-order valence-electron chi connectivity index (χ1n) is 9.48. The fourth-order valence-electron chi connectivity index (χ4n) is 4.07. The van der Waals surface area contributed by atoms with Gasteiger partial charge < -0.3 is 19.5 Å². The molecule has 7 nitrogen and oxygen atoms in total. The molecule has 1 aromatic carbocycles. The first kappa shape index (κ1) is 18.5. The molecule has 0 aliphatic carbocycles. The maximum Gasteiger partial charge on any atom is 0.317 e. The molecular weight excluding hydrogens is 394 g/mol. The molecule has 1 fully saturated rings. The number of aromatic nitrogens is 2. The summed E-state index contributed by atoms with van der Waals surface area (Å²) >= 11 is 0. The van der Waals surface area contributed by atoms with Gasteiger partial charge in [-0.15, -0.1) is 0 Å². The topological polar surface area (TPSA) is 76.5 Å². The zero-order chi connectivity index (χ0) is 21.0. The number of ether oxygens (including phenoxy) is 1. The Kier molecular flexibility index (Phi) is 4.02. The monoisotopic (exact) mass is 412 g/mol. The molecule has 1 spiro atoms. The Morgan fingerprint density at radius 1 is 1.30 bits per heavy atom. The van der Waals surface area contributed by atoms with Gasteiger partial charge >= 0.3 is 6.03 Å². The highest BCUT2D eigenvalue weighted by atomic mass is 19.1. The normalized spacial score (nSPS) is 16.9. The molecule has 3 aromatic rings. The van der Waals surface area contributed by atoms with Gasteiger partial charge in [0.1, 0.15) is 11.5 Å². The van der Waals surface area contributed by atoms with E-state index in [-0.39, 0.29) is 36.9 Å². The number of fused-ring (bicyclic) bond motifs is 2. The van der Waals surface area contributed by atoms with E-state index in [1.54, 1.807) is 6.20 Å². The van der Waals surface area contributed by atoms with E-state index < -0.39 is 23.0 Å². The minimum absolute atomic E-state index is 0.0265. The highest BCUT2D eigenvalue weighted by molar-refractivity contribution is 6.00. The van der Waals surface area contributed by atoms with Crippen molar-refractivity contribution in [3.63, 3.8) is 0 Å². The fourth-order valence-corrected chi connectivity index (χ4v) is 4.07. The number of Topliss-reactive ketones (excluding diaryl/α,β-unsaturated/α-hetero) is 1.